The third kappa shape index (κ3) is 3.14. The summed E-state index contributed by atoms with van der Waals surface area (Å²) in [5.41, 5.74) is 2.53. The van der Waals surface area contributed by atoms with E-state index in [2.05, 4.69) is 10.1 Å². The van der Waals surface area contributed by atoms with E-state index in [1.54, 1.807) is 6.92 Å². The monoisotopic (exact) mass is 351 g/mol. The van der Waals surface area contributed by atoms with Crippen molar-refractivity contribution in [2.24, 2.45) is 4.99 Å². The van der Waals surface area contributed by atoms with Gasteiger partial charge >= 0.3 is 5.97 Å². The summed E-state index contributed by atoms with van der Waals surface area (Å²) in [7, 11) is 0. The number of carboxylic acids is 1. The average Bonchev–Trinajstić information content (AvgIpc) is 2.88. The van der Waals surface area contributed by atoms with Crippen LogP contribution in [0.3, 0.4) is 0 Å². The smallest absolute Gasteiger partial charge is 0.339 e. The van der Waals surface area contributed by atoms with E-state index in [-0.39, 0.29) is 16.9 Å². The van der Waals surface area contributed by atoms with Crippen LogP contribution in [-0.2, 0) is 0 Å². The predicted molar refractivity (Wildman–Crippen MR) is 98.2 cm³/mol. The number of para-hydroxylation sites is 1. The molecule has 0 spiro atoms. The lowest BCUT2D eigenvalue weighted by Gasteiger charge is -2.04. The van der Waals surface area contributed by atoms with E-state index in [0.29, 0.717) is 16.9 Å². The zero-order valence-electron chi connectivity index (χ0n) is 14.2. The summed E-state index contributed by atoms with van der Waals surface area (Å²) in [6.07, 6.45) is 1.39. The molecule has 3 aromatic rings. The fourth-order valence-electron chi connectivity index (χ4n) is 2.61. The lowest BCUT2D eigenvalue weighted by molar-refractivity contribution is 0.0694. The number of hydrogen-bond acceptors (Lipinski definition) is 4. The van der Waals surface area contributed by atoms with Crippen molar-refractivity contribution in [2.45, 2.75) is 13.8 Å². The summed E-state index contributed by atoms with van der Waals surface area (Å²) < 4.78 is 1.45. The maximum Gasteiger partial charge on any atom is 0.339 e. The van der Waals surface area contributed by atoms with Crippen molar-refractivity contribution in [3.63, 3.8) is 0 Å². The van der Waals surface area contributed by atoms with Crippen LogP contribution in [0.15, 0.2) is 52.3 Å². The summed E-state index contributed by atoms with van der Waals surface area (Å²) in [4.78, 5) is 28.0. The highest BCUT2D eigenvalue weighted by Crippen LogP contribution is 2.23. The van der Waals surface area contributed by atoms with Crippen LogP contribution in [0.2, 0.25) is 0 Å². The minimum absolute atomic E-state index is 0.247. The van der Waals surface area contributed by atoms with Gasteiger partial charge < -0.3 is 10.2 Å². The molecule has 132 valence electrons. The van der Waals surface area contributed by atoms with Crippen LogP contribution >= 0.6 is 0 Å². The number of H-pyrrole nitrogens is 1. The van der Waals surface area contributed by atoms with Crippen molar-refractivity contribution in [1.82, 2.24) is 9.78 Å². The molecule has 26 heavy (non-hydrogen) atoms. The van der Waals surface area contributed by atoms with Crippen LogP contribution in [0.1, 0.15) is 27.2 Å². The number of aromatic carboxylic acids is 1. The van der Waals surface area contributed by atoms with Crippen molar-refractivity contribution in [1.29, 1.82) is 0 Å². The molecule has 1 aromatic heterocycles. The Morgan fingerprint density at radius 3 is 2.62 bits per heavy atom. The second-order valence-electron chi connectivity index (χ2n) is 5.84. The molecule has 0 aliphatic heterocycles. The number of rotatable bonds is 4. The zero-order chi connectivity index (χ0) is 18.8. The molecule has 3 N–H and O–H groups in total. The number of aliphatic imine (C=N–C) groups is 1. The Morgan fingerprint density at radius 2 is 1.92 bits per heavy atom. The molecule has 0 saturated heterocycles. The molecule has 0 atom stereocenters. The number of hydrogen-bond donors (Lipinski definition) is 3. The highest BCUT2D eigenvalue weighted by Gasteiger charge is 2.13. The lowest BCUT2D eigenvalue weighted by atomic mass is 10.2. The highest BCUT2D eigenvalue weighted by atomic mass is 16.4. The lowest BCUT2D eigenvalue weighted by Crippen LogP contribution is -2.18. The number of nitrogens with one attached hydrogen (secondary N) is 1. The van der Waals surface area contributed by atoms with E-state index in [0.717, 1.165) is 11.3 Å². The Kier molecular flexibility index (Phi) is 4.45. The molecule has 0 radical (unpaired) electrons. The van der Waals surface area contributed by atoms with Crippen molar-refractivity contribution in [3.8, 4) is 11.4 Å². The van der Waals surface area contributed by atoms with Gasteiger partial charge in [0, 0.05) is 11.9 Å². The predicted octanol–water partition coefficient (Wildman–Crippen LogP) is 2.94. The summed E-state index contributed by atoms with van der Waals surface area (Å²) in [6.45, 7) is 3.67. The van der Waals surface area contributed by atoms with E-state index in [4.69, 9.17) is 5.11 Å². The number of phenols is 1. The van der Waals surface area contributed by atoms with E-state index < -0.39 is 5.97 Å². The summed E-state index contributed by atoms with van der Waals surface area (Å²) in [5, 5.41) is 21.6. The Bertz CT molecular complexity index is 1080. The average molecular weight is 351 g/mol. The molecule has 0 saturated carbocycles. The quantitative estimate of drug-likeness (QED) is 0.628. The molecule has 7 nitrogen and oxygen atoms in total. The van der Waals surface area contributed by atoms with Gasteiger partial charge in [-0.05, 0) is 43.7 Å². The van der Waals surface area contributed by atoms with Gasteiger partial charge in [-0.3, -0.25) is 14.9 Å². The summed E-state index contributed by atoms with van der Waals surface area (Å²) >= 11 is 0. The van der Waals surface area contributed by atoms with Gasteiger partial charge in [-0.2, -0.15) is 0 Å². The number of aromatic amines is 1. The van der Waals surface area contributed by atoms with Crippen LogP contribution in [0.5, 0.6) is 5.75 Å². The molecule has 0 amide bonds. The van der Waals surface area contributed by atoms with Gasteiger partial charge in [-0.15, -0.1) is 0 Å². The Hall–Kier alpha value is -3.61. The van der Waals surface area contributed by atoms with Gasteiger partial charge in [0.15, 0.2) is 0 Å². The molecule has 0 unspecified atom stereocenters. The number of carboxylic acid groups (broad SMARTS) is 1. The Morgan fingerprint density at radius 1 is 1.19 bits per heavy atom. The maximum atomic E-state index is 12.7. The largest absolute Gasteiger partial charge is 0.507 e. The molecule has 0 aliphatic carbocycles. The second-order valence-corrected chi connectivity index (χ2v) is 5.84. The minimum atomic E-state index is -1.25. The third-order valence-electron chi connectivity index (χ3n) is 4.03. The normalized spacial score (nSPS) is 11.2. The molecule has 2 aromatic carbocycles. The van der Waals surface area contributed by atoms with Crippen LogP contribution < -0.4 is 5.56 Å². The number of nitrogens with zero attached hydrogens (tertiary/aromatic N) is 2. The van der Waals surface area contributed by atoms with Gasteiger partial charge in [0.2, 0.25) is 0 Å². The van der Waals surface area contributed by atoms with E-state index in [1.165, 1.54) is 29.1 Å². The molecule has 7 heteroatoms. The molecule has 0 aliphatic rings. The number of aromatic hydroxyl groups is 1. The van der Waals surface area contributed by atoms with Crippen molar-refractivity contribution < 1.29 is 15.0 Å². The highest BCUT2D eigenvalue weighted by molar-refractivity contribution is 5.92. The molecule has 0 bridgehead atoms. The van der Waals surface area contributed by atoms with Gasteiger partial charge in [0.25, 0.3) is 5.56 Å². The van der Waals surface area contributed by atoms with Crippen LogP contribution in [0, 0.1) is 13.8 Å². The van der Waals surface area contributed by atoms with Crippen molar-refractivity contribution in [2.75, 3.05) is 0 Å². The number of carbonyl (C=O) groups is 1. The molecule has 1 heterocycles. The molecule has 3 rings (SSSR count). The van der Waals surface area contributed by atoms with Crippen molar-refractivity contribution in [3.05, 3.63) is 75.2 Å². The summed E-state index contributed by atoms with van der Waals surface area (Å²) in [6, 6.07) is 11.5. The van der Waals surface area contributed by atoms with Crippen LogP contribution in [-0.4, -0.2) is 32.2 Å². The van der Waals surface area contributed by atoms with Gasteiger partial charge in [-0.1, -0.05) is 18.2 Å². The van der Waals surface area contributed by atoms with Gasteiger partial charge in [0.05, 0.1) is 16.9 Å². The first kappa shape index (κ1) is 17.2. The number of aromatic nitrogens is 2. The topological polar surface area (TPSA) is 108 Å². The van der Waals surface area contributed by atoms with E-state index in [9.17, 15) is 14.7 Å². The maximum absolute atomic E-state index is 12.7. The first-order valence-corrected chi connectivity index (χ1v) is 7.86. The molecular weight excluding hydrogens is 334 g/mol. The first-order valence-electron chi connectivity index (χ1n) is 7.86. The van der Waals surface area contributed by atoms with Crippen LogP contribution in [0.25, 0.3) is 5.69 Å². The Balaban J connectivity index is 2.01. The minimum Gasteiger partial charge on any atom is -0.507 e. The number of aryl methyl sites for hydroxylation is 2. The second kappa shape index (κ2) is 6.72. The Labute approximate surface area is 148 Å². The molecule has 0 fully saturated rings. The van der Waals surface area contributed by atoms with Crippen LogP contribution in [0.4, 0.5) is 5.69 Å². The first-order chi connectivity index (χ1) is 12.4. The van der Waals surface area contributed by atoms with E-state index >= 15 is 0 Å². The van der Waals surface area contributed by atoms with Gasteiger partial charge in [-0.25, -0.2) is 9.48 Å². The zero-order valence-corrected chi connectivity index (χ0v) is 14.2. The summed E-state index contributed by atoms with van der Waals surface area (Å²) in [5.74, 6) is -1.59. The fourth-order valence-corrected chi connectivity index (χ4v) is 2.61. The fraction of sp³-hybridized carbons (Fsp3) is 0.105. The number of benzene rings is 2. The standard InChI is InChI=1S/C19H17N3O4/c1-11-5-3-4-6-16(11)22-18(24)15(12(2)21-22)10-20-13-7-8-17(23)14(9-13)19(25)26/h3-10,21,23H,1-2H3,(H,25,26). The van der Waals surface area contributed by atoms with Gasteiger partial charge in [0.1, 0.15) is 11.3 Å². The SMILES string of the molecule is Cc1ccccc1-n1[nH]c(C)c(C=Nc2ccc(O)c(C(=O)O)c2)c1=O. The van der Waals surface area contributed by atoms with Crippen molar-refractivity contribution >= 4 is 17.9 Å². The molecular formula is C19H17N3O4. The van der Waals surface area contributed by atoms with E-state index in [1.807, 2.05) is 31.2 Å². The third-order valence-corrected chi connectivity index (χ3v) is 4.03.